The zero-order valence-electron chi connectivity index (χ0n) is 25.1. The number of nitrogens with one attached hydrogen (secondary N) is 2. The van der Waals surface area contributed by atoms with Gasteiger partial charge in [-0.15, -0.1) is 0 Å². The first-order chi connectivity index (χ1) is 21.8. The fourth-order valence-electron chi connectivity index (χ4n) is 6.18. The maximum absolute atomic E-state index is 13.3. The van der Waals surface area contributed by atoms with Crippen molar-refractivity contribution in [2.24, 2.45) is 0 Å². The fraction of sp³-hybridized carbons (Fsp3) is 0.206. The zero-order chi connectivity index (χ0) is 31.7. The summed E-state index contributed by atoms with van der Waals surface area (Å²) >= 11 is 5.84. The summed E-state index contributed by atoms with van der Waals surface area (Å²) in [7, 11) is 1.48. The van der Waals surface area contributed by atoms with Gasteiger partial charge in [0.2, 0.25) is 5.91 Å². The third kappa shape index (κ3) is 5.69. The summed E-state index contributed by atoms with van der Waals surface area (Å²) in [5.74, 6) is 0.273. The Labute approximate surface area is 265 Å². The maximum Gasteiger partial charge on any atom is 0.296 e. The van der Waals surface area contributed by atoms with Crippen LogP contribution >= 0.6 is 12.2 Å². The van der Waals surface area contributed by atoms with E-state index in [1.54, 1.807) is 18.3 Å². The smallest absolute Gasteiger partial charge is 0.296 e. The number of nitro groups is 1. The minimum atomic E-state index is -0.403. The number of aromatic nitrogens is 2. The number of nitro benzene ring substituents is 1. The number of hydrogen-bond donors (Lipinski definition) is 2. The van der Waals surface area contributed by atoms with E-state index in [0.717, 1.165) is 39.1 Å². The van der Waals surface area contributed by atoms with Crippen LogP contribution in [0.25, 0.3) is 16.5 Å². The minimum absolute atomic E-state index is 0.0639. The number of carbonyl (C=O) groups excluding carboxylic acids is 1. The van der Waals surface area contributed by atoms with Gasteiger partial charge in [-0.2, -0.15) is 0 Å². The largest absolute Gasteiger partial charge is 0.496 e. The summed E-state index contributed by atoms with van der Waals surface area (Å²) in [6.07, 6.45) is 1.93. The predicted molar refractivity (Wildman–Crippen MR) is 178 cm³/mol. The number of benzene rings is 3. The third-order valence-corrected chi connectivity index (χ3v) is 8.60. The first kappa shape index (κ1) is 29.8. The molecule has 3 heterocycles. The number of aryl methyl sites for hydroxylation is 1. The lowest BCUT2D eigenvalue weighted by atomic mass is 9.96. The van der Waals surface area contributed by atoms with Crippen LogP contribution in [0.15, 0.2) is 91.1 Å². The Hall–Kier alpha value is -5.29. The zero-order valence-corrected chi connectivity index (χ0v) is 25.9. The van der Waals surface area contributed by atoms with Gasteiger partial charge in [-0.05, 0) is 73.4 Å². The molecule has 2 atom stereocenters. The van der Waals surface area contributed by atoms with Crippen molar-refractivity contribution in [2.45, 2.75) is 32.4 Å². The number of anilines is 1. The lowest BCUT2D eigenvalue weighted by Gasteiger charge is -2.28. The Morgan fingerprint density at radius 2 is 1.84 bits per heavy atom. The molecule has 0 bridgehead atoms. The summed E-state index contributed by atoms with van der Waals surface area (Å²) in [5.41, 5.74) is 4.50. The highest BCUT2D eigenvalue weighted by atomic mass is 32.1. The molecule has 0 saturated carbocycles. The summed E-state index contributed by atoms with van der Waals surface area (Å²) < 4.78 is 7.14. The molecule has 6 rings (SSSR count). The Balaban J connectivity index is 1.34. The van der Waals surface area contributed by atoms with E-state index in [9.17, 15) is 14.9 Å². The van der Waals surface area contributed by atoms with E-state index in [-0.39, 0.29) is 30.1 Å². The predicted octanol–water partition coefficient (Wildman–Crippen LogP) is 6.56. The molecule has 228 valence electrons. The molecule has 0 radical (unpaired) electrons. The molecule has 0 aliphatic carbocycles. The molecule has 2 N–H and O–H groups in total. The van der Waals surface area contributed by atoms with Crippen LogP contribution in [0.5, 0.6) is 5.75 Å². The number of thiocarbonyl (C=S) groups is 1. The van der Waals surface area contributed by atoms with Crippen LogP contribution < -0.4 is 15.4 Å². The number of pyridine rings is 1. The number of carbonyl (C=O) groups is 1. The van der Waals surface area contributed by atoms with E-state index in [4.69, 9.17) is 17.0 Å². The molecule has 3 aromatic carbocycles. The molecule has 45 heavy (non-hydrogen) atoms. The molecule has 1 aliphatic heterocycles. The van der Waals surface area contributed by atoms with E-state index in [0.29, 0.717) is 23.1 Å². The second-order valence-electron chi connectivity index (χ2n) is 10.9. The normalized spacial score (nSPS) is 16.1. The van der Waals surface area contributed by atoms with Gasteiger partial charge in [0.05, 0.1) is 35.9 Å². The van der Waals surface area contributed by atoms with Gasteiger partial charge in [0.1, 0.15) is 11.4 Å². The van der Waals surface area contributed by atoms with Crippen LogP contribution in [0.3, 0.4) is 0 Å². The minimum Gasteiger partial charge on any atom is -0.496 e. The number of hydrogen-bond acceptors (Lipinski definition) is 6. The molecule has 1 saturated heterocycles. The number of fused-ring (bicyclic) bond motifs is 1. The molecule has 10 nitrogen and oxygen atoms in total. The lowest BCUT2D eigenvalue weighted by molar-refractivity contribution is -0.384. The molecular formula is C34H32N6O4S. The van der Waals surface area contributed by atoms with Crippen LogP contribution in [0.4, 0.5) is 11.4 Å². The van der Waals surface area contributed by atoms with Crippen LogP contribution in [0.2, 0.25) is 0 Å². The molecule has 1 aliphatic rings. The van der Waals surface area contributed by atoms with Crippen molar-refractivity contribution < 1.29 is 14.5 Å². The molecule has 5 aromatic rings. The van der Waals surface area contributed by atoms with Gasteiger partial charge in [-0.25, -0.2) is 0 Å². The van der Waals surface area contributed by atoms with Gasteiger partial charge in [-0.1, -0.05) is 42.5 Å². The molecule has 0 spiro atoms. The van der Waals surface area contributed by atoms with E-state index in [1.807, 2.05) is 90.0 Å². The summed E-state index contributed by atoms with van der Waals surface area (Å²) in [4.78, 5) is 31.6. The Kier molecular flexibility index (Phi) is 8.18. The monoisotopic (exact) mass is 620 g/mol. The van der Waals surface area contributed by atoms with Crippen molar-refractivity contribution in [1.29, 1.82) is 0 Å². The first-order valence-corrected chi connectivity index (χ1v) is 14.9. The standard InChI is InChI=1S/C34H32N6O4S/c1-21-19-26(22(2)39(21)29-15-14-24(44-3)20-30(29)40(42)43)33-32(28-12-6-7-17-35-28)37-34(45)38(33)18-16-31(41)36-27-13-8-10-23-9-4-5-11-25(23)27/h4-15,17,19-20,32-33H,16,18H2,1-3H3,(H,36,41)(H,37,45)/t32-,33+/m1/s1. The second-order valence-corrected chi connectivity index (χ2v) is 11.3. The number of methoxy groups -OCH3 is 1. The van der Waals surface area contributed by atoms with Crippen molar-refractivity contribution in [3.63, 3.8) is 0 Å². The lowest BCUT2D eigenvalue weighted by Crippen LogP contribution is -2.33. The Morgan fingerprint density at radius 3 is 2.60 bits per heavy atom. The first-order valence-electron chi connectivity index (χ1n) is 14.5. The van der Waals surface area contributed by atoms with E-state index in [1.165, 1.54) is 13.2 Å². The number of ether oxygens (including phenoxy) is 1. The summed E-state index contributed by atoms with van der Waals surface area (Å²) in [5, 5.41) is 21.1. The summed E-state index contributed by atoms with van der Waals surface area (Å²) in [6.45, 7) is 4.21. The highest BCUT2D eigenvalue weighted by Crippen LogP contribution is 2.42. The SMILES string of the molecule is COc1ccc(-n2c(C)cc([C@H]3[C@@H](c4ccccn4)NC(=S)N3CCC(=O)Nc3cccc4ccccc34)c2C)c([N+](=O)[O-])c1. The van der Waals surface area contributed by atoms with E-state index in [2.05, 4.69) is 15.6 Å². The van der Waals surface area contributed by atoms with Gasteiger partial charge in [0.15, 0.2) is 5.11 Å². The molecule has 0 unspecified atom stereocenters. The van der Waals surface area contributed by atoms with Gasteiger partial charge in [0, 0.05) is 41.6 Å². The maximum atomic E-state index is 13.3. The van der Waals surface area contributed by atoms with Gasteiger partial charge >= 0.3 is 0 Å². The van der Waals surface area contributed by atoms with Crippen LogP contribution in [0, 0.1) is 24.0 Å². The van der Waals surface area contributed by atoms with Crippen molar-refractivity contribution in [1.82, 2.24) is 19.8 Å². The van der Waals surface area contributed by atoms with E-state index >= 15 is 0 Å². The van der Waals surface area contributed by atoms with Crippen molar-refractivity contribution in [2.75, 3.05) is 19.0 Å². The molecule has 1 fully saturated rings. The topological polar surface area (TPSA) is 115 Å². The highest BCUT2D eigenvalue weighted by Gasteiger charge is 2.41. The number of nitrogens with zero attached hydrogens (tertiary/aromatic N) is 4. The molecular weight excluding hydrogens is 588 g/mol. The average Bonchev–Trinajstić information content (AvgIpc) is 3.53. The summed E-state index contributed by atoms with van der Waals surface area (Å²) in [6, 6.07) is 25.7. The molecule has 1 amide bonds. The van der Waals surface area contributed by atoms with Crippen LogP contribution in [-0.2, 0) is 4.79 Å². The van der Waals surface area contributed by atoms with Crippen molar-refractivity contribution in [3.8, 4) is 11.4 Å². The number of amides is 1. The van der Waals surface area contributed by atoms with Gasteiger partial charge in [0.25, 0.3) is 5.69 Å². The van der Waals surface area contributed by atoms with Gasteiger partial charge < -0.3 is 24.8 Å². The van der Waals surface area contributed by atoms with E-state index < -0.39 is 4.92 Å². The second kappa shape index (κ2) is 12.4. The third-order valence-electron chi connectivity index (χ3n) is 8.25. The highest BCUT2D eigenvalue weighted by molar-refractivity contribution is 7.80. The van der Waals surface area contributed by atoms with Crippen molar-refractivity contribution in [3.05, 3.63) is 124 Å². The van der Waals surface area contributed by atoms with Crippen LogP contribution in [0.1, 0.15) is 41.1 Å². The number of rotatable bonds is 9. The molecule has 2 aromatic heterocycles. The Morgan fingerprint density at radius 1 is 1.07 bits per heavy atom. The Bertz CT molecular complexity index is 1920. The van der Waals surface area contributed by atoms with Gasteiger partial charge in [-0.3, -0.25) is 19.9 Å². The fourth-order valence-corrected chi connectivity index (χ4v) is 6.51. The molecule has 11 heteroatoms. The van der Waals surface area contributed by atoms with Crippen LogP contribution in [-0.4, -0.2) is 44.0 Å². The quantitative estimate of drug-likeness (QED) is 0.108. The average molecular weight is 621 g/mol. The van der Waals surface area contributed by atoms with Crippen molar-refractivity contribution >= 4 is 45.4 Å².